The molecule has 0 bridgehead atoms. The van der Waals surface area contributed by atoms with E-state index in [0.29, 0.717) is 37.3 Å². The summed E-state index contributed by atoms with van der Waals surface area (Å²) in [6.07, 6.45) is -1.37. The molecule has 0 saturated carbocycles. The zero-order valence-electron chi connectivity index (χ0n) is 18.2. The lowest BCUT2D eigenvalue weighted by molar-refractivity contribution is -0.137. The maximum Gasteiger partial charge on any atom is 0.416 e. The van der Waals surface area contributed by atoms with Crippen LogP contribution in [-0.2, 0) is 11.0 Å². The van der Waals surface area contributed by atoms with Crippen LogP contribution in [0.25, 0.3) is 0 Å². The second-order valence-electron chi connectivity index (χ2n) is 7.93. The van der Waals surface area contributed by atoms with Crippen molar-refractivity contribution < 1.29 is 22.8 Å². The predicted molar refractivity (Wildman–Crippen MR) is 117 cm³/mol. The number of alkyl halides is 3. The fraction of sp³-hybridized carbons (Fsp3) is 0.409. The van der Waals surface area contributed by atoms with Gasteiger partial charge in [-0.2, -0.15) is 13.2 Å². The molecule has 1 aliphatic rings. The molecule has 2 heterocycles. The molecule has 0 aliphatic carbocycles. The minimum atomic E-state index is -4.47. The van der Waals surface area contributed by atoms with Gasteiger partial charge in [-0.3, -0.25) is 4.79 Å². The number of rotatable bonds is 4. The maximum absolute atomic E-state index is 13.0. The Kier molecular flexibility index (Phi) is 6.90. The number of carbonyl (C=O) groups excluding carboxylic acids is 2. The SMILES string of the molecule is CC(=O)Nc1ccc(N2CCC(N(C)C(=O)Nc3cc(C)cc(C(F)(F)F)c3)CC2)cn1. The monoisotopic (exact) mass is 449 g/mol. The summed E-state index contributed by atoms with van der Waals surface area (Å²) in [4.78, 5) is 31.6. The molecule has 0 spiro atoms. The fourth-order valence-electron chi connectivity index (χ4n) is 3.74. The topological polar surface area (TPSA) is 77.6 Å². The van der Waals surface area contributed by atoms with Crippen molar-refractivity contribution in [1.29, 1.82) is 0 Å². The van der Waals surface area contributed by atoms with Crippen LogP contribution in [0.4, 0.5) is 35.2 Å². The third-order valence-electron chi connectivity index (χ3n) is 5.41. The average Bonchev–Trinajstić information content (AvgIpc) is 2.72. The second kappa shape index (κ2) is 9.46. The van der Waals surface area contributed by atoms with Gasteiger partial charge in [-0.15, -0.1) is 0 Å². The minimum Gasteiger partial charge on any atom is -0.370 e. The Hall–Kier alpha value is -3.30. The molecule has 1 aromatic heterocycles. The number of halogens is 3. The van der Waals surface area contributed by atoms with Crippen LogP contribution in [0.5, 0.6) is 0 Å². The van der Waals surface area contributed by atoms with Gasteiger partial charge in [-0.25, -0.2) is 9.78 Å². The molecule has 0 atom stereocenters. The predicted octanol–water partition coefficient (Wildman–Crippen LogP) is 4.50. The number of anilines is 3. The number of urea groups is 1. The van der Waals surface area contributed by atoms with Gasteiger partial charge in [0, 0.05) is 38.8 Å². The summed E-state index contributed by atoms with van der Waals surface area (Å²) < 4.78 is 39.1. The minimum absolute atomic E-state index is 0.0373. The number of pyridine rings is 1. The highest BCUT2D eigenvalue weighted by atomic mass is 19.4. The summed E-state index contributed by atoms with van der Waals surface area (Å²) in [5.74, 6) is 0.296. The van der Waals surface area contributed by atoms with E-state index in [-0.39, 0.29) is 17.6 Å². The molecule has 2 N–H and O–H groups in total. The first-order valence-electron chi connectivity index (χ1n) is 10.2. The Balaban J connectivity index is 1.57. The van der Waals surface area contributed by atoms with Crippen LogP contribution in [0.1, 0.15) is 30.9 Å². The van der Waals surface area contributed by atoms with Gasteiger partial charge >= 0.3 is 12.2 Å². The molecule has 10 heteroatoms. The lowest BCUT2D eigenvalue weighted by atomic mass is 10.0. The van der Waals surface area contributed by atoms with Crippen molar-refractivity contribution in [2.24, 2.45) is 0 Å². The molecule has 7 nitrogen and oxygen atoms in total. The first-order chi connectivity index (χ1) is 15.0. The number of piperidine rings is 1. The van der Waals surface area contributed by atoms with E-state index in [4.69, 9.17) is 0 Å². The van der Waals surface area contributed by atoms with Crippen LogP contribution in [0.15, 0.2) is 36.5 Å². The van der Waals surface area contributed by atoms with Crippen molar-refractivity contribution in [3.05, 3.63) is 47.7 Å². The smallest absolute Gasteiger partial charge is 0.370 e. The summed E-state index contributed by atoms with van der Waals surface area (Å²) >= 11 is 0. The quantitative estimate of drug-likeness (QED) is 0.721. The number of hydrogen-bond acceptors (Lipinski definition) is 4. The number of aromatic nitrogens is 1. The Labute approximate surface area is 184 Å². The van der Waals surface area contributed by atoms with Crippen LogP contribution in [0.2, 0.25) is 0 Å². The van der Waals surface area contributed by atoms with Gasteiger partial charge in [0.1, 0.15) is 5.82 Å². The molecule has 2 aromatic rings. The molecule has 1 fully saturated rings. The number of benzene rings is 1. The van der Waals surface area contributed by atoms with E-state index >= 15 is 0 Å². The molecule has 1 saturated heterocycles. The molecule has 0 radical (unpaired) electrons. The zero-order chi connectivity index (χ0) is 23.5. The normalized spacial score (nSPS) is 14.8. The number of nitrogens with zero attached hydrogens (tertiary/aromatic N) is 3. The van der Waals surface area contributed by atoms with Gasteiger partial charge in [0.2, 0.25) is 5.91 Å². The highest BCUT2D eigenvalue weighted by molar-refractivity contribution is 5.89. The molecule has 1 aliphatic heterocycles. The number of nitrogens with one attached hydrogen (secondary N) is 2. The molecule has 1 aromatic carbocycles. The van der Waals surface area contributed by atoms with Gasteiger partial charge in [0.05, 0.1) is 17.4 Å². The van der Waals surface area contributed by atoms with Crippen LogP contribution < -0.4 is 15.5 Å². The summed E-state index contributed by atoms with van der Waals surface area (Å²) in [6, 6.07) is 6.64. The number of carbonyl (C=O) groups is 2. The van der Waals surface area contributed by atoms with Gasteiger partial charge in [-0.05, 0) is 55.7 Å². The average molecular weight is 449 g/mol. The maximum atomic E-state index is 13.0. The van der Waals surface area contributed by atoms with E-state index in [1.54, 1.807) is 31.1 Å². The van der Waals surface area contributed by atoms with E-state index < -0.39 is 17.8 Å². The first kappa shape index (κ1) is 23.4. The zero-order valence-corrected chi connectivity index (χ0v) is 18.2. The van der Waals surface area contributed by atoms with Crippen LogP contribution in [0, 0.1) is 6.92 Å². The lowest BCUT2D eigenvalue weighted by Crippen LogP contribution is -2.47. The summed E-state index contributed by atoms with van der Waals surface area (Å²) in [5.41, 5.74) is 0.673. The Morgan fingerprint density at radius 3 is 2.38 bits per heavy atom. The van der Waals surface area contributed by atoms with Gasteiger partial charge in [0.15, 0.2) is 0 Å². The van der Waals surface area contributed by atoms with Crippen molar-refractivity contribution in [2.45, 2.75) is 38.9 Å². The third-order valence-corrected chi connectivity index (χ3v) is 5.41. The Bertz CT molecular complexity index is 971. The molecular weight excluding hydrogens is 423 g/mol. The van der Waals surface area contributed by atoms with Crippen molar-refractivity contribution in [3.8, 4) is 0 Å². The summed E-state index contributed by atoms with van der Waals surface area (Å²) in [5, 5.41) is 5.21. The van der Waals surface area contributed by atoms with E-state index in [1.807, 2.05) is 6.07 Å². The van der Waals surface area contributed by atoms with E-state index in [9.17, 15) is 22.8 Å². The van der Waals surface area contributed by atoms with Crippen LogP contribution >= 0.6 is 0 Å². The van der Waals surface area contributed by atoms with Crippen molar-refractivity contribution in [2.75, 3.05) is 35.7 Å². The van der Waals surface area contributed by atoms with Crippen LogP contribution in [0.3, 0.4) is 0 Å². The molecular formula is C22H26F3N5O2. The molecule has 3 rings (SSSR count). The second-order valence-corrected chi connectivity index (χ2v) is 7.93. The third kappa shape index (κ3) is 5.89. The lowest BCUT2D eigenvalue weighted by Gasteiger charge is -2.37. The summed E-state index contributed by atoms with van der Waals surface area (Å²) in [7, 11) is 1.65. The van der Waals surface area contributed by atoms with Crippen LogP contribution in [-0.4, -0.2) is 48.0 Å². The van der Waals surface area contributed by atoms with Crippen molar-refractivity contribution >= 4 is 29.1 Å². The van der Waals surface area contributed by atoms with E-state index in [1.165, 1.54) is 13.0 Å². The molecule has 3 amide bonds. The van der Waals surface area contributed by atoms with Gasteiger partial charge in [0.25, 0.3) is 0 Å². The number of hydrogen-bond donors (Lipinski definition) is 2. The molecule has 32 heavy (non-hydrogen) atoms. The standard InChI is InChI=1S/C22H26F3N5O2/c1-14-10-16(22(23,24)25)12-17(11-14)28-21(32)29(3)18-6-8-30(9-7-18)19-4-5-20(26-13-19)27-15(2)31/h4-5,10-13,18H,6-9H2,1-3H3,(H,28,32)(H,26,27,31). The summed E-state index contributed by atoms with van der Waals surface area (Å²) in [6.45, 7) is 4.38. The number of aryl methyl sites for hydroxylation is 1. The fourth-order valence-corrected chi connectivity index (χ4v) is 3.74. The van der Waals surface area contributed by atoms with E-state index in [0.717, 1.165) is 17.8 Å². The largest absolute Gasteiger partial charge is 0.416 e. The molecule has 0 unspecified atom stereocenters. The van der Waals surface area contributed by atoms with Gasteiger partial charge in [-0.1, -0.05) is 0 Å². The molecule has 172 valence electrons. The number of amides is 3. The Morgan fingerprint density at radius 1 is 1.12 bits per heavy atom. The van der Waals surface area contributed by atoms with Gasteiger partial charge < -0.3 is 20.4 Å². The highest BCUT2D eigenvalue weighted by Crippen LogP contribution is 2.32. The van der Waals surface area contributed by atoms with E-state index in [2.05, 4.69) is 20.5 Å². The van der Waals surface area contributed by atoms with Crippen molar-refractivity contribution in [1.82, 2.24) is 9.88 Å². The van der Waals surface area contributed by atoms with Crippen molar-refractivity contribution in [3.63, 3.8) is 0 Å². The highest BCUT2D eigenvalue weighted by Gasteiger charge is 2.31. The Morgan fingerprint density at radius 2 is 1.81 bits per heavy atom. The first-order valence-corrected chi connectivity index (χ1v) is 10.2.